The Labute approximate surface area is 133 Å². The average Bonchev–Trinajstić information content (AvgIpc) is 2.14. The number of hydrogen-bond donors (Lipinski definition) is 1. The number of nitrogens with two attached hydrogens (primary N) is 1. The molecule has 0 aromatic carbocycles. The summed E-state index contributed by atoms with van der Waals surface area (Å²) in [5.74, 6) is 5.17. The predicted octanol–water partition coefficient (Wildman–Crippen LogP) is 2.49. The lowest BCUT2D eigenvalue weighted by Gasteiger charge is -2.37. The number of nitrogens with zero attached hydrogens (tertiary/aromatic N) is 1. The summed E-state index contributed by atoms with van der Waals surface area (Å²) in [6.07, 6.45) is 0. The van der Waals surface area contributed by atoms with Gasteiger partial charge in [0.1, 0.15) is 0 Å². The average molecular weight is 372 g/mol. The third-order valence-electron chi connectivity index (χ3n) is 2.46. The molecule has 9 heteroatoms. The molecule has 0 atom stereocenters. The molecular weight excluding hydrogens is 351 g/mol. The lowest BCUT2D eigenvalue weighted by atomic mass is 10.5. The Morgan fingerprint density at radius 3 is 1.88 bits per heavy atom. The van der Waals surface area contributed by atoms with Crippen LogP contribution < -0.4 is 5.73 Å². The van der Waals surface area contributed by atoms with E-state index in [0.717, 1.165) is 12.3 Å². The molecule has 3 rings (SSSR count). The van der Waals surface area contributed by atoms with Crippen LogP contribution in [0.25, 0.3) is 0 Å². The molecule has 3 heterocycles. The first-order valence-corrected chi connectivity index (χ1v) is 14.2. The molecule has 0 amide bonds. The molecule has 0 spiro atoms. The Bertz CT molecular complexity index is 183. The largest absolute Gasteiger partial charge is 0.330 e. The molecule has 2 nitrogen and oxygen atoms in total. The highest BCUT2D eigenvalue weighted by Gasteiger charge is 2.39. The van der Waals surface area contributed by atoms with E-state index in [1.807, 2.05) is 0 Å². The smallest absolute Gasteiger partial charge is 0.300 e. The molecule has 0 radical (unpaired) electrons. The third-order valence-corrected chi connectivity index (χ3v) is 24.9. The van der Waals surface area contributed by atoms with Crippen molar-refractivity contribution in [3.05, 3.63) is 0 Å². The van der Waals surface area contributed by atoms with Gasteiger partial charge >= 0.3 is 4.67 Å². The van der Waals surface area contributed by atoms with Gasteiger partial charge in [0.2, 0.25) is 0 Å². The molecule has 17 heavy (non-hydrogen) atoms. The SMILES string of the molecule is Cl.Cl.NCCS[Si]12SCCN(CCS1)CCS2. The van der Waals surface area contributed by atoms with E-state index in [9.17, 15) is 0 Å². The summed E-state index contributed by atoms with van der Waals surface area (Å²) in [5, 5.41) is 0. The highest BCUT2D eigenvalue weighted by Crippen LogP contribution is 2.51. The minimum absolute atomic E-state index is 0. The van der Waals surface area contributed by atoms with E-state index in [4.69, 9.17) is 5.73 Å². The molecule has 3 aliphatic rings. The fourth-order valence-corrected chi connectivity index (χ4v) is 23.5. The molecular formula is C8H20Cl2N2S4Si. The van der Waals surface area contributed by atoms with Crippen molar-refractivity contribution in [1.29, 1.82) is 0 Å². The van der Waals surface area contributed by atoms with Gasteiger partial charge < -0.3 is 10.6 Å². The van der Waals surface area contributed by atoms with Gasteiger partial charge in [0.05, 0.1) is 0 Å². The lowest BCUT2D eigenvalue weighted by molar-refractivity contribution is 0.329. The minimum Gasteiger partial charge on any atom is -0.330 e. The van der Waals surface area contributed by atoms with Crippen molar-refractivity contribution in [2.45, 2.75) is 0 Å². The van der Waals surface area contributed by atoms with Gasteiger partial charge in [-0.3, -0.25) is 0 Å². The Morgan fingerprint density at radius 1 is 1.00 bits per heavy atom. The van der Waals surface area contributed by atoms with Crippen LogP contribution in [0, 0.1) is 0 Å². The summed E-state index contributed by atoms with van der Waals surface area (Å²) < 4.78 is -1.19. The summed E-state index contributed by atoms with van der Waals surface area (Å²) in [7, 11) is 0. The van der Waals surface area contributed by atoms with Gasteiger partial charge in [-0.15, -0.1) is 24.8 Å². The van der Waals surface area contributed by atoms with E-state index in [0.29, 0.717) is 0 Å². The Balaban J connectivity index is 0.00000128. The molecule has 3 saturated heterocycles. The van der Waals surface area contributed by atoms with Crippen LogP contribution in [-0.2, 0) is 0 Å². The van der Waals surface area contributed by atoms with Crippen molar-refractivity contribution >= 4 is 74.3 Å². The normalized spacial score (nSPS) is 32.6. The van der Waals surface area contributed by atoms with Crippen molar-refractivity contribution in [1.82, 2.24) is 4.90 Å². The summed E-state index contributed by atoms with van der Waals surface area (Å²) in [5.41, 5.74) is 5.65. The van der Waals surface area contributed by atoms with Gasteiger partial charge in [0.15, 0.2) is 0 Å². The first-order valence-electron chi connectivity index (χ1n) is 5.33. The van der Waals surface area contributed by atoms with Crippen molar-refractivity contribution in [3.63, 3.8) is 0 Å². The van der Waals surface area contributed by atoms with Crippen LogP contribution in [0.2, 0.25) is 0 Å². The number of hydrogen-bond acceptors (Lipinski definition) is 6. The van der Waals surface area contributed by atoms with Gasteiger partial charge in [-0.05, 0) is 0 Å². The van der Waals surface area contributed by atoms with Gasteiger partial charge in [-0.1, -0.05) is 0 Å². The quantitative estimate of drug-likeness (QED) is 0.767. The summed E-state index contributed by atoms with van der Waals surface area (Å²) >= 11 is 9.01. The monoisotopic (exact) mass is 370 g/mol. The van der Waals surface area contributed by atoms with Crippen molar-refractivity contribution < 1.29 is 0 Å². The van der Waals surface area contributed by atoms with E-state index in [1.165, 1.54) is 36.9 Å². The van der Waals surface area contributed by atoms with Crippen molar-refractivity contribution in [2.24, 2.45) is 5.73 Å². The third kappa shape index (κ3) is 5.95. The first-order chi connectivity index (χ1) is 7.35. The predicted molar refractivity (Wildman–Crippen MR) is 95.6 cm³/mol. The Kier molecular flexibility index (Phi) is 11.2. The maximum Gasteiger partial charge on any atom is 0.300 e. The summed E-state index contributed by atoms with van der Waals surface area (Å²) in [4.78, 5) is 2.62. The fourth-order valence-electron chi connectivity index (χ4n) is 1.67. The van der Waals surface area contributed by atoms with Gasteiger partial charge in [0, 0.05) is 49.2 Å². The zero-order chi connectivity index (χ0) is 10.6. The van der Waals surface area contributed by atoms with Crippen LogP contribution in [0.1, 0.15) is 0 Å². The van der Waals surface area contributed by atoms with Crippen molar-refractivity contribution in [3.8, 4) is 0 Å². The molecule has 0 aliphatic carbocycles. The molecule has 0 aromatic rings. The molecule has 2 N–H and O–H groups in total. The van der Waals surface area contributed by atoms with Crippen LogP contribution >= 0.6 is 69.7 Å². The zero-order valence-electron chi connectivity index (χ0n) is 9.63. The van der Waals surface area contributed by atoms with Gasteiger partial charge in [-0.2, -0.15) is 44.8 Å². The highest BCUT2D eigenvalue weighted by molar-refractivity contribution is 8.99. The maximum absolute atomic E-state index is 5.65. The zero-order valence-corrected chi connectivity index (χ0v) is 15.5. The minimum atomic E-state index is -1.19. The van der Waals surface area contributed by atoms with E-state index in [-0.39, 0.29) is 24.8 Å². The van der Waals surface area contributed by atoms with E-state index < -0.39 is 4.67 Å². The number of halogens is 2. The number of fused-ring (bicyclic) bond motifs is 6. The fraction of sp³-hybridized carbons (Fsp3) is 1.00. The van der Waals surface area contributed by atoms with Gasteiger partial charge in [-0.25, -0.2) is 0 Å². The van der Waals surface area contributed by atoms with E-state index in [2.05, 4.69) is 49.7 Å². The summed E-state index contributed by atoms with van der Waals surface area (Å²) in [6.45, 7) is 4.77. The molecule has 0 unspecified atom stereocenters. The lowest BCUT2D eigenvalue weighted by Crippen LogP contribution is -2.40. The van der Waals surface area contributed by atoms with Crippen LogP contribution in [-0.4, -0.2) is 58.8 Å². The van der Waals surface area contributed by atoms with Crippen LogP contribution in [0.15, 0.2) is 0 Å². The molecule has 3 fully saturated rings. The van der Waals surface area contributed by atoms with E-state index >= 15 is 0 Å². The highest BCUT2D eigenvalue weighted by atomic mass is 35.5. The van der Waals surface area contributed by atoms with Crippen LogP contribution in [0.5, 0.6) is 0 Å². The van der Waals surface area contributed by atoms with Crippen molar-refractivity contribution in [2.75, 3.05) is 49.2 Å². The second-order valence-electron chi connectivity index (χ2n) is 3.52. The first kappa shape index (κ1) is 19.1. The van der Waals surface area contributed by atoms with E-state index in [1.54, 1.807) is 0 Å². The topological polar surface area (TPSA) is 29.3 Å². The van der Waals surface area contributed by atoms with Gasteiger partial charge in [0.25, 0.3) is 0 Å². The van der Waals surface area contributed by atoms with Crippen LogP contribution in [0.3, 0.4) is 0 Å². The molecule has 104 valence electrons. The standard InChI is InChI=1S/C8H18N2S4Si.2ClH/c9-1-5-11-15-12-6-2-10(3-7-13-15)4-8-14-15;;/h1-9H2;2*1H. The second-order valence-corrected chi connectivity index (χ2v) is 22.8. The second kappa shape index (κ2) is 9.93. The molecule has 0 aromatic heterocycles. The maximum atomic E-state index is 5.65. The molecule has 3 aliphatic heterocycles. The summed E-state index contributed by atoms with van der Waals surface area (Å²) in [6, 6.07) is 0. The number of rotatable bonds is 3. The molecule has 2 bridgehead atoms. The molecule has 0 saturated carbocycles. The Morgan fingerprint density at radius 2 is 1.47 bits per heavy atom. The van der Waals surface area contributed by atoms with Crippen LogP contribution in [0.4, 0.5) is 0 Å². The Hall–Kier alpha value is 2.12.